The van der Waals surface area contributed by atoms with Crippen LogP contribution in [0.4, 0.5) is 5.69 Å². The van der Waals surface area contributed by atoms with Crippen molar-refractivity contribution in [3.05, 3.63) is 221 Å². The fraction of sp³-hybridized carbons (Fsp3) is 0.180. The molecule has 17 nitrogen and oxygen atoms in total. The van der Waals surface area contributed by atoms with E-state index in [0.717, 1.165) is 28.7 Å². The number of benzene rings is 7. The van der Waals surface area contributed by atoms with Crippen LogP contribution in [-0.4, -0.2) is 80.1 Å². The third-order valence-corrected chi connectivity index (χ3v) is 11.7. The second kappa shape index (κ2) is 30.2. The van der Waals surface area contributed by atoms with Crippen molar-refractivity contribution < 1.29 is 72.9 Å². The van der Waals surface area contributed by atoms with E-state index in [1.165, 1.54) is 17.7 Å². The predicted octanol–water partition coefficient (Wildman–Crippen LogP) is 10.2. The minimum absolute atomic E-state index is 0.0316. The van der Waals surface area contributed by atoms with E-state index in [1.54, 1.807) is 80.8 Å². The molecule has 1 unspecified atom stereocenters. The summed E-state index contributed by atoms with van der Waals surface area (Å²) in [6.45, 7) is 3.66. The monoisotopic (exact) mass is 1090 g/mol. The molecule has 7 aromatic carbocycles. The van der Waals surface area contributed by atoms with Crippen molar-refractivity contribution >= 4 is 64.4 Å². The van der Waals surface area contributed by atoms with Crippen molar-refractivity contribution in [3.63, 3.8) is 0 Å². The second-order valence-corrected chi connectivity index (χ2v) is 17.6. The van der Waals surface area contributed by atoms with Crippen LogP contribution in [0.3, 0.4) is 0 Å². The summed E-state index contributed by atoms with van der Waals surface area (Å²) in [6, 6.07) is 54.2. The molecule has 1 amide bonds. The number of amides is 1. The third-order valence-electron chi connectivity index (χ3n) is 11.5. The number of anilines is 1. The molecule has 0 saturated carbocycles. The number of carboxylic acid groups (broad SMARTS) is 4. The molecular weight excluding hydrogens is 1030 g/mol. The number of ether oxygens (including phenoxy) is 4. The van der Waals surface area contributed by atoms with Crippen molar-refractivity contribution in [2.24, 2.45) is 0 Å². The topological polar surface area (TPSA) is 261 Å². The lowest BCUT2D eigenvalue weighted by Crippen LogP contribution is -2.42. The van der Waals surface area contributed by atoms with Gasteiger partial charge in [0.15, 0.2) is 28.5 Å². The molecule has 1 heterocycles. The van der Waals surface area contributed by atoms with Crippen LogP contribution in [0, 0.1) is 0 Å². The van der Waals surface area contributed by atoms with E-state index in [2.05, 4.69) is 10.6 Å². The quantitative estimate of drug-likeness (QED) is 0.0250. The highest BCUT2D eigenvalue weighted by atomic mass is 32.1. The van der Waals surface area contributed by atoms with Gasteiger partial charge in [0, 0.05) is 41.6 Å². The summed E-state index contributed by atoms with van der Waals surface area (Å²) < 4.78 is 23.8. The molecule has 0 bridgehead atoms. The number of hydrogen-bond donors (Lipinski definition) is 6. The molecule has 7 aromatic rings. The minimum atomic E-state index is -1.38. The number of para-hydroxylation sites is 1. The number of ketones is 2. The Labute approximate surface area is 461 Å². The summed E-state index contributed by atoms with van der Waals surface area (Å²) in [6.07, 6.45) is 0.563. The Morgan fingerprint density at radius 2 is 1.14 bits per heavy atom. The fourth-order valence-corrected chi connectivity index (χ4v) is 7.59. The molecule has 0 fully saturated rings. The normalized spacial score (nSPS) is 11.6. The molecule has 18 heteroatoms. The predicted molar refractivity (Wildman–Crippen MR) is 298 cm³/mol. The van der Waals surface area contributed by atoms with Crippen molar-refractivity contribution in [2.45, 2.75) is 64.3 Å². The van der Waals surface area contributed by atoms with Gasteiger partial charge in [-0.1, -0.05) is 140 Å². The first kappa shape index (κ1) is 60.2. The number of hydrogen-bond acceptors (Lipinski definition) is 12. The number of carbonyl (C=O) groups excluding carboxylic acids is 3. The average molecular weight is 1090 g/mol. The van der Waals surface area contributed by atoms with Crippen LogP contribution in [0.5, 0.6) is 23.0 Å². The van der Waals surface area contributed by atoms with Gasteiger partial charge in [-0.15, -0.1) is 0 Å². The maximum Gasteiger partial charge on any atom is 0.372 e. The van der Waals surface area contributed by atoms with E-state index in [9.17, 15) is 33.6 Å². The Bertz CT molecular complexity index is 3140. The van der Waals surface area contributed by atoms with Crippen LogP contribution in [0.25, 0.3) is 0 Å². The zero-order valence-corrected chi connectivity index (χ0v) is 44.1. The van der Waals surface area contributed by atoms with Gasteiger partial charge in [0.05, 0.1) is 19.1 Å². The smallest absolute Gasteiger partial charge is 0.372 e. The summed E-state index contributed by atoms with van der Waals surface area (Å²) in [5.74, 6) is -4.43. The molecule has 0 aromatic heterocycles. The summed E-state index contributed by atoms with van der Waals surface area (Å²) in [4.78, 5) is 76.4. The highest BCUT2D eigenvalue weighted by molar-refractivity contribution is 7.80. The number of aromatic carboxylic acids is 1. The fourth-order valence-electron chi connectivity index (χ4n) is 7.37. The number of nitrogens with one attached hydrogen (secondary N) is 2. The van der Waals surface area contributed by atoms with E-state index < -0.39 is 47.5 Å². The molecule has 1 atom stereocenters. The minimum Gasteiger partial charge on any atom is -0.493 e. The standard InChI is InChI=1S/C23H20O5.C17H16N2O4S.C12H14O3.C9H8O3/c1-26-19-14-16(12-13-21(24)25)15-20-22(19)28-23(27-20,17-8-4-2-5-9-17)18-10-6-3-7-11-18;1-11(23-14-5-3-2-4-6-14)15(20)19-17(24)18-13-9-7-12(8-10-13)16(21)22;1-2-9-3-5-10(6-4-9)11(13)7-8-12(14)15;10-8(9(11)12)6-7-4-2-1-3-5-7/h2-11,14-15H,12-13H2,1H3,(H,24,25);2-11H,1H3,(H,21,22)(H2,18,19,20,24);3-6H,2,7-8H2,1H3,(H,14,15);1-5H,6H2,(H,11,12). The van der Waals surface area contributed by atoms with Gasteiger partial charge in [-0.05, 0) is 97.2 Å². The lowest BCUT2D eigenvalue weighted by molar-refractivity contribution is -0.148. The van der Waals surface area contributed by atoms with E-state index in [1.807, 2.05) is 110 Å². The summed E-state index contributed by atoms with van der Waals surface area (Å²) in [5, 5.41) is 40.0. The summed E-state index contributed by atoms with van der Waals surface area (Å²) in [5.41, 5.74) is 5.75. The van der Waals surface area contributed by atoms with Crippen molar-refractivity contribution in [2.75, 3.05) is 12.4 Å². The number of fused-ring (bicyclic) bond motifs is 1. The molecule has 0 spiro atoms. The second-order valence-electron chi connectivity index (χ2n) is 17.2. The van der Waals surface area contributed by atoms with Gasteiger partial charge < -0.3 is 44.7 Å². The van der Waals surface area contributed by atoms with Gasteiger partial charge >= 0.3 is 29.7 Å². The molecular formula is C61H58N2O15S. The number of thiocarbonyl (C=S) groups is 1. The van der Waals surface area contributed by atoms with Gasteiger partial charge in [-0.3, -0.25) is 29.3 Å². The zero-order valence-electron chi connectivity index (χ0n) is 43.3. The molecule has 79 heavy (non-hydrogen) atoms. The number of methoxy groups -OCH3 is 1. The Morgan fingerprint density at radius 3 is 1.65 bits per heavy atom. The molecule has 1 aliphatic heterocycles. The van der Waals surface area contributed by atoms with Crippen molar-refractivity contribution in [3.8, 4) is 23.0 Å². The van der Waals surface area contributed by atoms with Crippen LogP contribution < -0.4 is 29.6 Å². The number of carbonyl (C=O) groups is 7. The van der Waals surface area contributed by atoms with Gasteiger partial charge in [0.2, 0.25) is 11.5 Å². The van der Waals surface area contributed by atoms with E-state index >= 15 is 0 Å². The lowest BCUT2D eigenvalue weighted by atomic mass is 9.97. The number of Topliss-reactive ketones (excluding diaryl/α,β-unsaturated/α-hetero) is 2. The van der Waals surface area contributed by atoms with E-state index in [4.69, 9.17) is 51.6 Å². The number of aryl methyl sites for hydroxylation is 2. The summed E-state index contributed by atoms with van der Waals surface area (Å²) >= 11 is 5.07. The Balaban J connectivity index is 0.000000204. The lowest BCUT2D eigenvalue weighted by Gasteiger charge is -2.28. The van der Waals surface area contributed by atoms with Gasteiger partial charge in [-0.2, -0.15) is 0 Å². The maximum absolute atomic E-state index is 12.1. The highest BCUT2D eigenvalue weighted by Crippen LogP contribution is 2.52. The Hall–Kier alpha value is -9.68. The molecule has 8 rings (SSSR count). The van der Waals surface area contributed by atoms with E-state index in [0.29, 0.717) is 40.7 Å². The van der Waals surface area contributed by atoms with Gasteiger partial charge in [-0.25, -0.2) is 9.59 Å². The van der Waals surface area contributed by atoms with Gasteiger partial charge in [0.1, 0.15) is 5.75 Å². The molecule has 0 aliphatic carbocycles. The Kier molecular flexibility index (Phi) is 23.0. The Morgan fingerprint density at radius 1 is 0.608 bits per heavy atom. The average Bonchev–Trinajstić information content (AvgIpc) is 4.09. The number of aliphatic carboxylic acids is 3. The molecule has 1 aliphatic rings. The first-order valence-corrected chi connectivity index (χ1v) is 25.0. The largest absolute Gasteiger partial charge is 0.493 e. The van der Waals surface area contributed by atoms with E-state index in [-0.39, 0.29) is 42.1 Å². The van der Waals surface area contributed by atoms with Gasteiger partial charge in [0.25, 0.3) is 5.91 Å². The van der Waals surface area contributed by atoms with Crippen molar-refractivity contribution in [1.29, 1.82) is 0 Å². The first-order valence-electron chi connectivity index (χ1n) is 24.6. The molecule has 0 radical (unpaired) electrons. The van der Waals surface area contributed by atoms with Crippen molar-refractivity contribution in [1.82, 2.24) is 5.32 Å². The molecule has 6 N–H and O–H groups in total. The molecule has 0 saturated heterocycles. The summed E-state index contributed by atoms with van der Waals surface area (Å²) in [7, 11) is 1.56. The highest BCUT2D eigenvalue weighted by Gasteiger charge is 2.47. The van der Waals surface area contributed by atoms with Crippen LogP contribution in [0.15, 0.2) is 182 Å². The zero-order chi connectivity index (χ0) is 57.3. The van der Waals surface area contributed by atoms with Crippen LogP contribution >= 0.6 is 12.2 Å². The van der Waals surface area contributed by atoms with Crippen LogP contribution in [-0.2, 0) is 49.0 Å². The number of carboxylic acids is 4. The number of rotatable bonds is 19. The van der Waals surface area contributed by atoms with Crippen LogP contribution in [0.2, 0.25) is 0 Å². The molecule has 408 valence electrons. The third kappa shape index (κ3) is 18.8. The van der Waals surface area contributed by atoms with Crippen LogP contribution in [0.1, 0.15) is 81.6 Å². The SMILES string of the molecule is CC(Oc1ccccc1)C(=O)NC(=S)Nc1ccc(C(=O)O)cc1.CCc1ccc(C(=O)CCC(=O)O)cc1.COc1cc(CCC(=O)O)cc2c1OC(c1ccccc1)(c1ccccc1)O2.O=C(O)C(=O)Cc1ccccc1. The maximum atomic E-state index is 12.1. The first-order chi connectivity index (χ1) is 37.9.